The van der Waals surface area contributed by atoms with Crippen molar-refractivity contribution in [3.05, 3.63) is 71.3 Å². The van der Waals surface area contributed by atoms with Gasteiger partial charge in [0.2, 0.25) is 5.91 Å². The van der Waals surface area contributed by atoms with Crippen LogP contribution in [0.2, 0.25) is 0 Å². The number of nitrogens with zero attached hydrogens (tertiary/aromatic N) is 3. The Morgan fingerprint density at radius 3 is 2.66 bits per heavy atom. The fraction of sp³-hybridized carbons (Fsp3) is 0.158. The molecule has 0 saturated heterocycles. The standard InChI is InChI=1S/C19H15F3N4O3/c1-12(27)16-8-7-14(29-16)11-26-23-10-17(25-26)24-18(28)9-6-13-4-2-3-5-15(13)19(20,21)22/h2-10H,11H2,1H3,(H,24,25,28)/b9-6+. The summed E-state index contributed by atoms with van der Waals surface area (Å²) in [6.07, 6.45) is -1.18. The van der Waals surface area contributed by atoms with E-state index in [0.717, 1.165) is 18.2 Å². The van der Waals surface area contributed by atoms with Crippen LogP contribution in [0.5, 0.6) is 0 Å². The summed E-state index contributed by atoms with van der Waals surface area (Å²) in [4.78, 5) is 24.4. The number of nitrogens with one attached hydrogen (secondary N) is 1. The number of carbonyl (C=O) groups excluding carboxylic acids is 2. The highest BCUT2D eigenvalue weighted by Gasteiger charge is 2.32. The second-order valence-electron chi connectivity index (χ2n) is 5.99. The molecule has 1 amide bonds. The van der Waals surface area contributed by atoms with Gasteiger partial charge < -0.3 is 9.73 Å². The topological polar surface area (TPSA) is 90.0 Å². The summed E-state index contributed by atoms with van der Waals surface area (Å²) in [7, 11) is 0. The molecule has 0 aliphatic rings. The first-order valence-corrected chi connectivity index (χ1v) is 8.37. The normalized spacial score (nSPS) is 11.7. The number of hydrogen-bond acceptors (Lipinski definition) is 5. The van der Waals surface area contributed by atoms with E-state index in [9.17, 15) is 22.8 Å². The van der Waals surface area contributed by atoms with Crippen molar-refractivity contribution in [2.45, 2.75) is 19.6 Å². The van der Waals surface area contributed by atoms with Gasteiger partial charge in [-0.2, -0.15) is 23.1 Å². The summed E-state index contributed by atoms with van der Waals surface area (Å²) in [5.41, 5.74) is -0.962. The lowest BCUT2D eigenvalue weighted by Crippen LogP contribution is -2.10. The molecule has 0 spiro atoms. The monoisotopic (exact) mass is 404 g/mol. The summed E-state index contributed by atoms with van der Waals surface area (Å²) in [6, 6.07) is 8.07. The zero-order valence-corrected chi connectivity index (χ0v) is 15.1. The van der Waals surface area contributed by atoms with Crippen LogP contribution < -0.4 is 5.32 Å². The molecule has 2 heterocycles. The zero-order chi connectivity index (χ0) is 21.0. The molecule has 7 nitrogen and oxygen atoms in total. The fourth-order valence-electron chi connectivity index (χ4n) is 2.46. The predicted molar refractivity (Wildman–Crippen MR) is 96.9 cm³/mol. The number of carbonyl (C=O) groups is 2. The maximum atomic E-state index is 13.0. The number of Topliss-reactive ketones (excluding diaryl/α,β-unsaturated/α-hetero) is 1. The SMILES string of the molecule is CC(=O)c1ccc(Cn2ncc(NC(=O)/C=C/c3ccccc3C(F)(F)F)n2)o1. The predicted octanol–water partition coefficient (Wildman–Crippen LogP) is 3.79. The molecule has 0 saturated carbocycles. The van der Waals surface area contributed by atoms with E-state index in [1.165, 1.54) is 42.2 Å². The van der Waals surface area contributed by atoms with Gasteiger partial charge in [0.15, 0.2) is 17.4 Å². The van der Waals surface area contributed by atoms with Crippen molar-refractivity contribution in [3.8, 4) is 0 Å². The summed E-state index contributed by atoms with van der Waals surface area (Å²) < 4.78 is 44.2. The number of anilines is 1. The number of halogens is 3. The number of amides is 1. The lowest BCUT2D eigenvalue weighted by atomic mass is 10.1. The first-order chi connectivity index (χ1) is 13.7. The summed E-state index contributed by atoms with van der Waals surface area (Å²) >= 11 is 0. The number of alkyl halides is 3. The Bertz CT molecular complexity index is 1070. The van der Waals surface area contributed by atoms with Gasteiger partial charge in [-0.1, -0.05) is 18.2 Å². The molecular weight excluding hydrogens is 389 g/mol. The Morgan fingerprint density at radius 2 is 1.97 bits per heavy atom. The smallest absolute Gasteiger partial charge is 0.416 e. The minimum Gasteiger partial charge on any atom is -0.456 e. The second-order valence-corrected chi connectivity index (χ2v) is 5.99. The van der Waals surface area contributed by atoms with Crippen LogP contribution >= 0.6 is 0 Å². The first-order valence-electron chi connectivity index (χ1n) is 8.37. The third-order valence-electron chi connectivity index (χ3n) is 3.77. The minimum atomic E-state index is -4.52. The van der Waals surface area contributed by atoms with Crippen molar-refractivity contribution in [1.82, 2.24) is 15.0 Å². The van der Waals surface area contributed by atoms with Crippen molar-refractivity contribution in [2.75, 3.05) is 5.32 Å². The van der Waals surface area contributed by atoms with E-state index in [4.69, 9.17) is 4.42 Å². The van der Waals surface area contributed by atoms with Crippen molar-refractivity contribution >= 4 is 23.6 Å². The van der Waals surface area contributed by atoms with Crippen LogP contribution in [0.4, 0.5) is 19.0 Å². The molecule has 0 bridgehead atoms. The summed E-state index contributed by atoms with van der Waals surface area (Å²) in [5, 5.41) is 10.4. The Labute approximate surface area is 162 Å². The number of ketones is 1. The van der Waals surface area contributed by atoms with Gasteiger partial charge in [0.25, 0.3) is 0 Å². The number of benzene rings is 1. The minimum absolute atomic E-state index is 0.113. The van der Waals surface area contributed by atoms with Crippen molar-refractivity contribution in [1.29, 1.82) is 0 Å². The number of furan rings is 1. The molecule has 0 fully saturated rings. The maximum absolute atomic E-state index is 13.0. The lowest BCUT2D eigenvalue weighted by Gasteiger charge is -2.09. The van der Waals surface area contributed by atoms with Crippen molar-refractivity contribution < 1.29 is 27.2 Å². The third-order valence-corrected chi connectivity index (χ3v) is 3.77. The number of aromatic nitrogens is 3. The van der Waals surface area contributed by atoms with Crippen LogP contribution in [0.3, 0.4) is 0 Å². The molecule has 29 heavy (non-hydrogen) atoms. The van der Waals surface area contributed by atoms with Gasteiger partial charge in [-0.25, -0.2) is 0 Å². The molecule has 3 rings (SSSR count). The molecule has 150 valence electrons. The summed E-state index contributed by atoms with van der Waals surface area (Å²) in [6.45, 7) is 1.51. The van der Waals surface area contributed by atoms with E-state index in [2.05, 4.69) is 15.5 Å². The van der Waals surface area contributed by atoms with Gasteiger partial charge in [0.1, 0.15) is 12.3 Å². The van der Waals surface area contributed by atoms with E-state index < -0.39 is 17.6 Å². The average molecular weight is 404 g/mol. The molecule has 1 N–H and O–H groups in total. The Kier molecular flexibility index (Phi) is 5.62. The third kappa shape index (κ3) is 5.18. The molecule has 3 aromatic rings. The Balaban J connectivity index is 1.63. The number of rotatable bonds is 6. The average Bonchev–Trinajstić information content (AvgIpc) is 3.29. The van der Waals surface area contributed by atoms with Crippen LogP contribution in [0, 0.1) is 0 Å². The van der Waals surface area contributed by atoms with Gasteiger partial charge in [-0.3, -0.25) is 9.59 Å². The Morgan fingerprint density at radius 1 is 1.21 bits per heavy atom. The lowest BCUT2D eigenvalue weighted by molar-refractivity contribution is -0.137. The Hall–Kier alpha value is -3.69. The van der Waals surface area contributed by atoms with Crippen LogP contribution in [0.1, 0.15) is 34.4 Å². The van der Waals surface area contributed by atoms with Gasteiger partial charge in [0, 0.05) is 13.0 Å². The van der Waals surface area contributed by atoms with E-state index >= 15 is 0 Å². The highest BCUT2D eigenvalue weighted by molar-refractivity contribution is 6.01. The van der Waals surface area contributed by atoms with Crippen LogP contribution in [0.25, 0.3) is 6.08 Å². The zero-order valence-electron chi connectivity index (χ0n) is 15.1. The second kappa shape index (κ2) is 8.13. The molecule has 1 aromatic carbocycles. The molecule has 10 heteroatoms. The van der Waals surface area contributed by atoms with Gasteiger partial charge in [-0.15, -0.1) is 5.10 Å². The van der Waals surface area contributed by atoms with Gasteiger partial charge in [0.05, 0.1) is 11.8 Å². The highest BCUT2D eigenvalue weighted by Crippen LogP contribution is 2.32. The van der Waals surface area contributed by atoms with Crippen LogP contribution in [0.15, 0.2) is 53.1 Å². The molecular formula is C19H15F3N4O3. The molecule has 0 aliphatic carbocycles. The number of hydrogen-bond donors (Lipinski definition) is 1. The van der Waals surface area contributed by atoms with Gasteiger partial charge >= 0.3 is 6.18 Å². The molecule has 0 atom stereocenters. The highest BCUT2D eigenvalue weighted by atomic mass is 19.4. The maximum Gasteiger partial charge on any atom is 0.416 e. The van der Waals surface area contributed by atoms with E-state index in [1.54, 1.807) is 6.07 Å². The molecule has 0 aliphatic heterocycles. The quantitative estimate of drug-likeness (QED) is 0.499. The summed E-state index contributed by atoms with van der Waals surface area (Å²) in [5.74, 6) is -0.0956. The first kappa shape index (κ1) is 20.1. The van der Waals surface area contributed by atoms with Crippen LogP contribution in [-0.4, -0.2) is 26.7 Å². The molecule has 0 unspecified atom stereocenters. The molecule has 2 aromatic heterocycles. The fourth-order valence-corrected chi connectivity index (χ4v) is 2.46. The van der Waals surface area contributed by atoms with Crippen LogP contribution in [-0.2, 0) is 17.5 Å². The van der Waals surface area contributed by atoms with Gasteiger partial charge in [-0.05, 0) is 29.8 Å². The van der Waals surface area contributed by atoms with E-state index in [0.29, 0.717) is 5.76 Å². The van der Waals surface area contributed by atoms with Crippen molar-refractivity contribution in [3.63, 3.8) is 0 Å². The molecule has 0 radical (unpaired) electrons. The van der Waals surface area contributed by atoms with E-state index in [-0.39, 0.29) is 29.5 Å². The van der Waals surface area contributed by atoms with Crippen molar-refractivity contribution in [2.24, 2.45) is 0 Å². The van der Waals surface area contributed by atoms with E-state index in [1.807, 2.05) is 0 Å². The largest absolute Gasteiger partial charge is 0.456 e.